The van der Waals surface area contributed by atoms with E-state index in [1.807, 2.05) is 0 Å². The first-order valence-electron chi connectivity index (χ1n) is 8.40. The molecule has 4 aliphatic rings. The SMILES string of the molecule is COc1ccc(N2C(=O)[C@@H]3[C@H](C2=O)[C@H]2C=C[C@@H]3C23CC3)c(OC)c1. The van der Waals surface area contributed by atoms with Crippen molar-refractivity contribution in [1.29, 1.82) is 0 Å². The number of ether oxygens (including phenoxy) is 2. The van der Waals surface area contributed by atoms with E-state index in [1.165, 1.54) is 12.0 Å². The summed E-state index contributed by atoms with van der Waals surface area (Å²) < 4.78 is 10.6. The van der Waals surface area contributed by atoms with Crippen LogP contribution in [0.5, 0.6) is 11.5 Å². The van der Waals surface area contributed by atoms with E-state index in [1.54, 1.807) is 25.3 Å². The first-order valence-corrected chi connectivity index (χ1v) is 8.40. The van der Waals surface area contributed by atoms with Gasteiger partial charge in [-0.05, 0) is 42.2 Å². The van der Waals surface area contributed by atoms with Gasteiger partial charge in [-0.2, -0.15) is 0 Å². The smallest absolute Gasteiger partial charge is 0.238 e. The second-order valence-corrected chi connectivity index (χ2v) is 7.27. The number of nitrogens with zero attached hydrogens (tertiary/aromatic N) is 1. The Bertz CT molecular complexity index is 761. The molecule has 0 aromatic heterocycles. The molecule has 1 aromatic rings. The Balaban J connectivity index is 1.56. The average molecular weight is 325 g/mol. The van der Waals surface area contributed by atoms with Gasteiger partial charge in [0.15, 0.2) is 0 Å². The highest BCUT2D eigenvalue weighted by Gasteiger charge is 2.73. The molecule has 3 fully saturated rings. The zero-order chi connectivity index (χ0) is 16.6. The number of rotatable bonds is 3. The highest BCUT2D eigenvalue weighted by Crippen LogP contribution is 2.73. The van der Waals surface area contributed by atoms with Crippen LogP contribution in [0.25, 0.3) is 0 Å². The fourth-order valence-corrected chi connectivity index (χ4v) is 5.29. The van der Waals surface area contributed by atoms with Crippen molar-refractivity contribution in [2.45, 2.75) is 12.8 Å². The van der Waals surface area contributed by atoms with Crippen LogP contribution in [-0.2, 0) is 9.59 Å². The van der Waals surface area contributed by atoms with Crippen molar-refractivity contribution in [3.05, 3.63) is 30.4 Å². The van der Waals surface area contributed by atoms with Gasteiger partial charge in [-0.15, -0.1) is 0 Å². The van der Waals surface area contributed by atoms with Gasteiger partial charge in [-0.1, -0.05) is 12.2 Å². The summed E-state index contributed by atoms with van der Waals surface area (Å²) in [5, 5.41) is 0. The van der Waals surface area contributed by atoms with Crippen LogP contribution in [0.4, 0.5) is 5.69 Å². The lowest BCUT2D eigenvalue weighted by Crippen LogP contribution is -2.35. The van der Waals surface area contributed by atoms with Gasteiger partial charge in [0.05, 0.1) is 31.7 Å². The van der Waals surface area contributed by atoms with Gasteiger partial charge in [0.2, 0.25) is 11.8 Å². The maximum atomic E-state index is 13.1. The van der Waals surface area contributed by atoms with Gasteiger partial charge in [0.1, 0.15) is 11.5 Å². The van der Waals surface area contributed by atoms with Crippen LogP contribution in [-0.4, -0.2) is 26.0 Å². The summed E-state index contributed by atoms with van der Waals surface area (Å²) in [7, 11) is 3.11. The zero-order valence-corrected chi connectivity index (χ0v) is 13.7. The number of benzene rings is 1. The fraction of sp³-hybridized carbons (Fsp3) is 0.474. The largest absolute Gasteiger partial charge is 0.497 e. The minimum atomic E-state index is -0.193. The standard InChI is InChI=1S/C19H19NO4/c1-23-10-3-6-13(14(9-10)24-2)20-17(21)15-11-4-5-12(16(15)18(20)22)19(11)7-8-19/h3-6,9,11-12,15-16H,7-8H2,1-2H3/t11-,12+,15-,16+. The molecule has 1 aromatic carbocycles. The normalized spacial score (nSPS) is 34.2. The van der Waals surface area contributed by atoms with Crippen molar-refractivity contribution in [2.75, 3.05) is 19.1 Å². The second-order valence-electron chi connectivity index (χ2n) is 7.27. The van der Waals surface area contributed by atoms with E-state index in [4.69, 9.17) is 9.47 Å². The third-order valence-corrected chi connectivity index (χ3v) is 6.48. The number of carbonyl (C=O) groups excluding carboxylic acids is 2. The lowest BCUT2D eigenvalue weighted by molar-refractivity contribution is -0.123. The number of hydrogen-bond donors (Lipinski definition) is 0. The molecule has 1 aliphatic heterocycles. The lowest BCUT2D eigenvalue weighted by atomic mass is 9.85. The van der Waals surface area contributed by atoms with E-state index < -0.39 is 0 Å². The van der Waals surface area contributed by atoms with Gasteiger partial charge < -0.3 is 9.47 Å². The van der Waals surface area contributed by atoms with E-state index in [0.717, 1.165) is 12.8 Å². The molecule has 24 heavy (non-hydrogen) atoms. The third kappa shape index (κ3) is 1.46. The predicted molar refractivity (Wildman–Crippen MR) is 86.8 cm³/mol. The molecule has 2 saturated carbocycles. The third-order valence-electron chi connectivity index (χ3n) is 6.48. The Morgan fingerprint density at radius 1 is 1.00 bits per heavy atom. The molecule has 3 aliphatic carbocycles. The zero-order valence-electron chi connectivity index (χ0n) is 13.7. The number of fused-ring (bicyclic) bond motifs is 3. The van der Waals surface area contributed by atoms with Gasteiger partial charge in [-0.3, -0.25) is 9.59 Å². The van der Waals surface area contributed by atoms with Crippen LogP contribution in [0.2, 0.25) is 0 Å². The maximum absolute atomic E-state index is 13.1. The van der Waals surface area contributed by atoms with Crippen LogP contribution in [0.3, 0.4) is 0 Å². The molecule has 5 heteroatoms. The van der Waals surface area contributed by atoms with E-state index in [-0.39, 0.29) is 40.9 Å². The van der Waals surface area contributed by atoms with Crippen LogP contribution < -0.4 is 14.4 Å². The van der Waals surface area contributed by atoms with Crippen molar-refractivity contribution >= 4 is 17.5 Å². The number of carbonyl (C=O) groups is 2. The molecule has 2 bridgehead atoms. The second kappa shape index (κ2) is 4.41. The monoisotopic (exact) mass is 325 g/mol. The Hall–Kier alpha value is -2.30. The average Bonchev–Trinajstić information content (AvgIpc) is 3.20. The van der Waals surface area contributed by atoms with Crippen molar-refractivity contribution in [1.82, 2.24) is 0 Å². The molecule has 4 atom stereocenters. The van der Waals surface area contributed by atoms with Crippen LogP contribution in [0.1, 0.15) is 12.8 Å². The molecule has 2 amide bonds. The lowest BCUT2D eigenvalue weighted by Gasteiger charge is -2.23. The quantitative estimate of drug-likeness (QED) is 0.632. The Morgan fingerprint density at radius 2 is 1.62 bits per heavy atom. The highest BCUT2D eigenvalue weighted by atomic mass is 16.5. The molecule has 5 nitrogen and oxygen atoms in total. The summed E-state index contributed by atoms with van der Waals surface area (Å²) in [6.07, 6.45) is 6.65. The Labute approximate surface area is 140 Å². The van der Waals surface area contributed by atoms with Crippen molar-refractivity contribution in [2.24, 2.45) is 29.1 Å². The topological polar surface area (TPSA) is 55.8 Å². The van der Waals surface area contributed by atoms with E-state index in [0.29, 0.717) is 17.2 Å². The van der Waals surface area contributed by atoms with Gasteiger partial charge in [-0.25, -0.2) is 4.90 Å². The number of amides is 2. The molecule has 0 unspecified atom stereocenters. The molecular weight excluding hydrogens is 306 g/mol. The van der Waals surface area contributed by atoms with Crippen LogP contribution in [0.15, 0.2) is 30.4 Å². The first kappa shape index (κ1) is 14.1. The summed E-state index contributed by atoms with van der Waals surface area (Å²) in [5.74, 6) is 1.05. The van der Waals surface area contributed by atoms with Gasteiger partial charge in [0, 0.05) is 6.07 Å². The summed E-state index contributed by atoms with van der Waals surface area (Å²) >= 11 is 0. The minimum absolute atomic E-state index is 0.0726. The number of hydrogen-bond acceptors (Lipinski definition) is 4. The Kier molecular flexibility index (Phi) is 2.58. The molecule has 1 saturated heterocycles. The summed E-state index contributed by atoms with van der Waals surface area (Å²) in [4.78, 5) is 27.6. The van der Waals surface area contributed by atoms with Crippen molar-refractivity contribution in [3.8, 4) is 11.5 Å². The number of anilines is 1. The molecule has 1 heterocycles. The predicted octanol–water partition coefficient (Wildman–Crippen LogP) is 2.41. The van der Waals surface area contributed by atoms with E-state index in [2.05, 4.69) is 12.2 Å². The fourth-order valence-electron chi connectivity index (χ4n) is 5.29. The number of methoxy groups -OCH3 is 2. The van der Waals surface area contributed by atoms with Gasteiger partial charge in [0.25, 0.3) is 0 Å². The number of imide groups is 1. The summed E-state index contributed by atoms with van der Waals surface area (Å²) in [6.45, 7) is 0. The molecule has 1 spiro atoms. The van der Waals surface area contributed by atoms with E-state index in [9.17, 15) is 9.59 Å². The highest BCUT2D eigenvalue weighted by molar-refractivity contribution is 6.23. The van der Waals surface area contributed by atoms with Crippen molar-refractivity contribution in [3.63, 3.8) is 0 Å². The van der Waals surface area contributed by atoms with Crippen LogP contribution >= 0.6 is 0 Å². The molecule has 124 valence electrons. The molecule has 0 radical (unpaired) electrons. The van der Waals surface area contributed by atoms with E-state index >= 15 is 0 Å². The Morgan fingerprint density at radius 3 is 2.12 bits per heavy atom. The molecular formula is C19H19NO4. The minimum Gasteiger partial charge on any atom is -0.497 e. The molecule has 5 rings (SSSR count). The number of allylic oxidation sites excluding steroid dienone is 2. The van der Waals surface area contributed by atoms with Crippen molar-refractivity contribution < 1.29 is 19.1 Å². The summed E-state index contributed by atoms with van der Waals surface area (Å²) in [5.41, 5.74) is 0.739. The van der Waals surface area contributed by atoms with Gasteiger partial charge >= 0.3 is 0 Å². The molecule has 0 N–H and O–H groups in total. The summed E-state index contributed by atoms with van der Waals surface area (Å²) in [6, 6.07) is 5.19. The van der Waals surface area contributed by atoms with Crippen LogP contribution in [0, 0.1) is 29.1 Å². The first-order chi connectivity index (χ1) is 11.6. The maximum Gasteiger partial charge on any atom is 0.238 e.